The van der Waals surface area contributed by atoms with E-state index in [1.165, 1.54) is 24.3 Å². The van der Waals surface area contributed by atoms with Crippen LogP contribution in [0.25, 0.3) is 0 Å². The minimum atomic E-state index is -0.583. The van der Waals surface area contributed by atoms with Crippen molar-refractivity contribution in [3.8, 4) is 11.5 Å². The molecule has 2 aliphatic rings. The predicted molar refractivity (Wildman–Crippen MR) is 99.5 cm³/mol. The normalized spacial score (nSPS) is 24.0. The average molecular weight is 383 g/mol. The van der Waals surface area contributed by atoms with Crippen LogP contribution in [-0.2, 0) is 11.3 Å². The number of phenolic OH excluding ortho intramolecular Hbond substituents is 2. The Morgan fingerprint density at radius 1 is 1.00 bits per heavy atom. The first-order valence-corrected chi connectivity index (χ1v) is 9.19. The number of ether oxygens (including phenoxy) is 1. The molecule has 0 amide bonds. The van der Waals surface area contributed by atoms with Crippen LogP contribution in [0.1, 0.15) is 56.7 Å². The molecule has 0 heterocycles. The van der Waals surface area contributed by atoms with Crippen molar-refractivity contribution in [1.29, 1.82) is 0 Å². The number of rotatable bonds is 3. The fourth-order valence-electron chi connectivity index (χ4n) is 3.94. The second-order valence-corrected chi connectivity index (χ2v) is 7.37. The molecule has 5 N–H and O–H groups in total. The number of aromatic hydroxyl groups is 2. The number of hydrogen-bond acceptors (Lipinski definition) is 7. The van der Waals surface area contributed by atoms with Gasteiger partial charge in [-0.1, -0.05) is 12.1 Å². The van der Waals surface area contributed by atoms with Crippen LogP contribution in [0.15, 0.2) is 30.3 Å². The molecule has 0 saturated heterocycles. The average Bonchev–Trinajstić information content (AvgIpc) is 2.66. The molecule has 0 aromatic heterocycles. The van der Waals surface area contributed by atoms with Gasteiger partial charge in [0.05, 0.1) is 29.9 Å². The van der Waals surface area contributed by atoms with E-state index < -0.39 is 17.7 Å². The standard InChI is InChI=1S/C21H21NO6/c22-14-8-11(4-5-15(14)23)28-9-10-6-13-19(17(25)7-10)21(27)18-12(20(13)26)2-1-3-16(18)24/h1-3,6-7,11,14-15,23-25H,4-5,8-9,22H2. The minimum absolute atomic E-state index is 0.0888. The maximum absolute atomic E-state index is 12.8. The van der Waals surface area contributed by atoms with E-state index in [1.54, 1.807) is 6.07 Å². The third kappa shape index (κ3) is 3.07. The first-order valence-electron chi connectivity index (χ1n) is 9.19. The molecule has 3 unspecified atom stereocenters. The maximum atomic E-state index is 12.8. The Balaban J connectivity index is 1.60. The SMILES string of the molecule is NC1CC(OCc2cc(O)c3c(c2)C(=O)c2cccc(O)c2C3=O)CCC1O. The molecule has 1 fully saturated rings. The van der Waals surface area contributed by atoms with Gasteiger partial charge in [-0.3, -0.25) is 9.59 Å². The summed E-state index contributed by atoms with van der Waals surface area (Å²) in [7, 11) is 0. The van der Waals surface area contributed by atoms with Gasteiger partial charge in [0.25, 0.3) is 0 Å². The molecule has 0 bridgehead atoms. The molecule has 7 nitrogen and oxygen atoms in total. The predicted octanol–water partition coefficient (Wildman–Crippen LogP) is 1.63. The van der Waals surface area contributed by atoms with E-state index in [0.717, 1.165) is 0 Å². The number of aliphatic hydroxyl groups excluding tert-OH is 1. The molecule has 7 heteroatoms. The van der Waals surface area contributed by atoms with E-state index >= 15 is 0 Å². The van der Waals surface area contributed by atoms with E-state index in [4.69, 9.17) is 10.5 Å². The smallest absolute Gasteiger partial charge is 0.201 e. The van der Waals surface area contributed by atoms with Gasteiger partial charge in [-0.15, -0.1) is 0 Å². The Hall–Kier alpha value is -2.74. The zero-order valence-electron chi connectivity index (χ0n) is 15.1. The van der Waals surface area contributed by atoms with Crippen molar-refractivity contribution >= 4 is 11.6 Å². The summed E-state index contributed by atoms with van der Waals surface area (Å²) >= 11 is 0. The van der Waals surface area contributed by atoms with E-state index in [-0.39, 0.29) is 52.5 Å². The van der Waals surface area contributed by atoms with Crippen LogP contribution in [0.2, 0.25) is 0 Å². The molecular weight excluding hydrogens is 362 g/mol. The summed E-state index contributed by atoms with van der Waals surface area (Å²) in [5.74, 6) is -1.62. The molecule has 0 radical (unpaired) electrons. The first-order chi connectivity index (χ1) is 13.4. The molecule has 2 aromatic carbocycles. The van der Waals surface area contributed by atoms with Crippen molar-refractivity contribution in [2.75, 3.05) is 0 Å². The van der Waals surface area contributed by atoms with Crippen molar-refractivity contribution in [2.24, 2.45) is 5.73 Å². The van der Waals surface area contributed by atoms with Crippen LogP contribution in [0, 0.1) is 0 Å². The van der Waals surface area contributed by atoms with Crippen molar-refractivity contribution in [1.82, 2.24) is 0 Å². The summed E-state index contributed by atoms with van der Waals surface area (Å²) in [6.45, 7) is 0.142. The number of benzene rings is 2. The molecule has 1 saturated carbocycles. The lowest BCUT2D eigenvalue weighted by Gasteiger charge is -2.30. The van der Waals surface area contributed by atoms with Crippen LogP contribution in [0.3, 0.4) is 0 Å². The zero-order valence-corrected chi connectivity index (χ0v) is 15.1. The molecule has 28 heavy (non-hydrogen) atoms. The van der Waals surface area contributed by atoms with Gasteiger partial charge in [0.15, 0.2) is 5.78 Å². The van der Waals surface area contributed by atoms with Gasteiger partial charge in [0.2, 0.25) is 5.78 Å². The van der Waals surface area contributed by atoms with E-state index in [9.17, 15) is 24.9 Å². The van der Waals surface area contributed by atoms with E-state index in [1.807, 2.05) is 0 Å². The summed E-state index contributed by atoms with van der Waals surface area (Å²) in [4.78, 5) is 25.6. The second kappa shape index (κ2) is 7.01. The number of aliphatic hydroxyl groups is 1. The monoisotopic (exact) mass is 383 g/mol. The molecule has 3 atom stereocenters. The zero-order chi connectivity index (χ0) is 20.0. The molecule has 2 aliphatic carbocycles. The molecule has 0 aliphatic heterocycles. The van der Waals surface area contributed by atoms with Crippen molar-refractivity contribution in [2.45, 2.75) is 44.1 Å². The number of carbonyl (C=O) groups is 2. The van der Waals surface area contributed by atoms with Gasteiger partial charge in [-0.2, -0.15) is 0 Å². The Morgan fingerprint density at radius 3 is 2.50 bits per heavy atom. The number of ketones is 2. The highest BCUT2D eigenvalue weighted by atomic mass is 16.5. The summed E-state index contributed by atoms with van der Waals surface area (Å²) in [6.07, 6.45) is 1.13. The quantitative estimate of drug-likeness (QED) is 0.541. The van der Waals surface area contributed by atoms with Gasteiger partial charge < -0.3 is 25.8 Å². The molecule has 0 spiro atoms. The molecule has 4 rings (SSSR count). The fourth-order valence-corrected chi connectivity index (χ4v) is 3.94. The second-order valence-electron chi connectivity index (χ2n) is 7.37. The lowest BCUT2D eigenvalue weighted by molar-refractivity contribution is -0.0209. The van der Waals surface area contributed by atoms with Gasteiger partial charge in [0, 0.05) is 17.2 Å². The fraction of sp³-hybridized carbons (Fsp3) is 0.333. The molecule has 2 aromatic rings. The Morgan fingerprint density at radius 2 is 1.75 bits per heavy atom. The summed E-state index contributed by atoms with van der Waals surface area (Å²) in [5.41, 5.74) is 6.44. The maximum Gasteiger partial charge on any atom is 0.201 e. The van der Waals surface area contributed by atoms with Crippen LogP contribution in [0.4, 0.5) is 0 Å². The minimum Gasteiger partial charge on any atom is -0.507 e. The van der Waals surface area contributed by atoms with Crippen molar-refractivity contribution in [3.63, 3.8) is 0 Å². The Kier molecular flexibility index (Phi) is 4.66. The van der Waals surface area contributed by atoms with Crippen LogP contribution < -0.4 is 5.73 Å². The number of hydrogen-bond donors (Lipinski definition) is 4. The highest BCUT2D eigenvalue weighted by molar-refractivity contribution is 6.30. The van der Waals surface area contributed by atoms with E-state index in [0.29, 0.717) is 24.8 Å². The van der Waals surface area contributed by atoms with Crippen LogP contribution in [0.5, 0.6) is 11.5 Å². The summed E-state index contributed by atoms with van der Waals surface area (Å²) in [6, 6.07) is 6.91. The lowest BCUT2D eigenvalue weighted by Crippen LogP contribution is -2.42. The third-order valence-electron chi connectivity index (χ3n) is 5.46. The van der Waals surface area contributed by atoms with Gasteiger partial charge in [-0.05, 0) is 43.0 Å². The van der Waals surface area contributed by atoms with Crippen LogP contribution >= 0.6 is 0 Å². The number of fused-ring (bicyclic) bond motifs is 2. The highest BCUT2D eigenvalue weighted by Crippen LogP contribution is 2.37. The van der Waals surface area contributed by atoms with Gasteiger partial charge >= 0.3 is 0 Å². The summed E-state index contributed by atoms with van der Waals surface area (Å²) < 4.78 is 5.85. The number of carbonyl (C=O) groups excluding carboxylic acids is 2. The third-order valence-corrected chi connectivity index (χ3v) is 5.46. The first kappa shape index (κ1) is 18.6. The van der Waals surface area contributed by atoms with Gasteiger partial charge in [0.1, 0.15) is 11.5 Å². The summed E-state index contributed by atoms with van der Waals surface area (Å²) in [5, 5.41) is 30.1. The number of phenols is 2. The molecule has 146 valence electrons. The van der Waals surface area contributed by atoms with E-state index in [2.05, 4.69) is 0 Å². The lowest BCUT2D eigenvalue weighted by atomic mass is 9.82. The highest BCUT2D eigenvalue weighted by Gasteiger charge is 2.34. The van der Waals surface area contributed by atoms with Gasteiger partial charge in [-0.25, -0.2) is 0 Å². The largest absolute Gasteiger partial charge is 0.507 e. The van der Waals surface area contributed by atoms with Crippen LogP contribution in [-0.4, -0.2) is 45.1 Å². The Bertz CT molecular complexity index is 970. The number of nitrogens with two attached hydrogens (primary N) is 1. The Labute approximate surface area is 161 Å². The van der Waals surface area contributed by atoms with Crippen molar-refractivity contribution < 1.29 is 29.6 Å². The van der Waals surface area contributed by atoms with Crippen molar-refractivity contribution in [3.05, 3.63) is 58.1 Å². The molecular formula is C21H21NO6. The topological polar surface area (TPSA) is 130 Å².